The molecule has 3 aliphatic heterocycles. The largest absolute Gasteiger partial charge is 0.504 e. The zero-order chi connectivity index (χ0) is 21.6. The van der Waals surface area contributed by atoms with Crippen LogP contribution in [0.5, 0.6) is 5.75 Å². The van der Waals surface area contributed by atoms with E-state index in [9.17, 15) is 14.7 Å². The van der Waals surface area contributed by atoms with E-state index in [2.05, 4.69) is 17.1 Å². The molecule has 0 saturated carbocycles. The fraction of sp³-hybridized carbons (Fsp3) is 0.545. The van der Waals surface area contributed by atoms with Crippen LogP contribution in [-0.2, 0) is 9.53 Å². The maximum absolute atomic E-state index is 13.7. The summed E-state index contributed by atoms with van der Waals surface area (Å²) < 4.78 is 10.5. The van der Waals surface area contributed by atoms with Crippen molar-refractivity contribution in [2.24, 2.45) is 11.8 Å². The van der Waals surface area contributed by atoms with Gasteiger partial charge in [-0.1, -0.05) is 24.9 Å². The number of carboxylic acids is 1. The molecule has 7 nitrogen and oxygen atoms in total. The molecule has 0 aromatic heterocycles. The van der Waals surface area contributed by atoms with Crippen LogP contribution in [0, 0.1) is 11.8 Å². The number of hydrogen-bond acceptors (Lipinski definition) is 6. The molecule has 3 heterocycles. The van der Waals surface area contributed by atoms with Gasteiger partial charge in [0.05, 0.1) is 36.6 Å². The Morgan fingerprint density at radius 2 is 2.20 bits per heavy atom. The van der Waals surface area contributed by atoms with Crippen LogP contribution in [0.2, 0.25) is 5.02 Å². The highest BCUT2D eigenvalue weighted by atomic mass is 35.5. The number of halogens is 1. The van der Waals surface area contributed by atoms with Gasteiger partial charge in [-0.3, -0.25) is 9.69 Å². The Bertz CT molecular complexity index is 917. The Morgan fingerprint density at radius 3 is 2.83 bits per heavy atom. The molecular weight excluding hydrogens is 408 g/mol. The summed E-state index contributed by atoms with van der Waals surface area (Å²) in [5.41, 5.74) is 0.693. The molecule has 0 amide bonds. The monoisotopic (exact) mass is 434 g/mol. The third-order valence-corrected chi connectivity index (χ3v) is 7.34. The van der Waals surface area contributed by atoms with Gasteiger partial charge in [-0.05, 0) is 36.8 Å². The maximum atomic E-state index is 13.7. The number of rotatable bonds is 5. The zero-order valence-corrected chi connectivity index (χ0v) is 18.2. The highest BCUT2D eigenvalue weighted by molar-refractivity contribution is 6.33. The molecule has 2 unspecified atom stereocenters. The maximum Gasteiger partial charge on any atom is 0.334 e. The van der Waals surface area contributed by atoms with Gasteiger partial charge in [0.2, 0.25) is 0 Å². The summed E-state index contributed by atoms with van der Waals surface area (Å²) in [7, 11) is 2.97. The van der Waals surface area contributed by atoms with Gasteiger partial charge in [0, 0.05) is 24.8 Å². The second-order valence-corrected chi connectivity index (χ2v) is 8.72. The average Bonchev–Trinajstić information content (AvgIpc) is 3.23. The van der Waals surface area contributed by atoms with Crippen molar-refractivity contribution >= 4 is 29.0 Å². The summed E-state index contributed by atoms with van der Waals surface area (Å²) in [6.07, 6.45) is 3.43. The number of carbonyl (C=O) groups is 2. The molecule has 0 bridgehead atoms. The normalized spacial score (nSPS) is 30.7. The minimum atomic E-state index is -0.969. The van der Waals surface area contributed by atoms with Crippen molar-refractivity contribution in [1.29, 1.82) is 0 Å². The number of hydrogen-bond donors (Lipinski definition) is 2. The predicted octanol–water partition coefficient (Wildman–Crippen LogP) is 3.43. The number of piperidine rings is 1. The topological polar surface area (TPSA) is 88.1 Å². The summed E-state index contributed by atoms with van der Waals surface area (Å²) >= 11 is 6.28. The lowest BCUT2D eigenvalue weighted by Gasteiger charge is -2.45. The van der Waals surface area contributed by atoms with E-state index in [1.54, 1.807) is 6.07 Å². The van der Waals surface area contributed by atoms with Crippen molar-refractivity contribution in [3.63, 3.8) is 0 Å². The van der Waals surface area contributed by atoms with Crippen molar-refractivity contribution in [3.8, 4) is 5.75 Å². The quantitative estimate of drug-likeness (QED) is 0.542. The van der Waals surface area contributed by atoms with Crippen LogP contribution in [-0.4, -0.2) is 60.6 Å². The fourth-order valence-corrected chi connectivity index (χ4v) is 5.85. The number of methoxy groups -OCH3 is 2. The Labute approximate surface area is 181 Å². The number of ether oxygens (including phenoxy) is 2. The molecule has 0 aliphatic carbocycles. The zero-order valence-electron chi connectivity index (χ0n) is 17.4. The number of carbonyl (C=O) groups excluding carboxylic acids is 1. The van der Waals surface area contributed by atoms with E-state index in [0.717, 1.165) is 25.2 Å². The number of ketones is 1. The number of nitrogens with one attached hydrogen (secondary N) is 1. The number of aliphatic carboxylic acids is 1. The molecule has 162 valence electrons. The molecule has 1 aromatic rings. The van der Waals surface area contributed by atoms with Crippen molar-refractivity contribution in [1.82, 2.24) is 4.90 Å². The summed E-state index contributed by atoms with van der Waals surface area (Å²) in [6, 6.07) is 3.43. The third kappa shape index (κ3) is 2.98. The standard InChI is InChI=1S/C22H27ClN2O5/c1-4-12-10-25-8-7-22(17(25)9-13(12)14(11-29-2)21(27)28)20(26)18-16(24-22)6-5-15(23)19(18)30-3/h5-6,11-13,17,24H,4,7-10H2,1-3H3,(H,27,28)/t12-,13+,17?,22?/m1/s1. The molecule has 2 fully saturated rings. The van der Waals surface area contributed by atoms with Gasteiger partial charge < -0.3 is 19.9 Å². The lowest BCUT2D eigenvalue weighted by molar-refractivity contribution is -0.134. The summed E-state index contributed by atoms with van der Waals surface area (Å²) in [4.78, 5) is 28.0. The van der Waals surface area contributed by atoms with E-state index in [0.29, 0.717) is 29.2 Å². The first kappa shape index (κ1) is 21.0. The molecule has 1 spiro atoms. The van der Waals surface area contributed by atoms with Crippen molar-refractivity contribution in [3.05, 3.63) is 34.6 Å². The third-order valence-electron chi connectivity index (χ3n) is 7.04. The Kier molecular flexibility index (Phi) is 5.45. The van der Waals surface area contributed by atoms with Crippen LogP contribution >= 0.6 is 11.6 Å². The van der Waals surface area contributed by atoms with Crippen molar-refractivity contribution < 1.29 is 24.2 Å². The summed E-state index contributed by atoms with van der Waals surface area (Å²) in [6.45, 7) is 3.62. The fourth-order valence-electron chi connectivity index (χ4n) is 5.62. The highest BCUT2D eigenvalue weighted by Crippen LogP contribution is 2.51. The predicted molar refractivity (Wildman–Crippen MR) is 113 cm³/mol. The molecular formula is C22H27ClN2O5. The van der Waals surface area contributed by atoms with E-state index in [-0.39, 0.29) is 29.2 Å². The molecule has 2 N–H and O–H groups in total. The number of anilines is 1. The van der Waals surface area contributed by atoms with Gasteiger partial charge in [0.1, 0.15) is 11.3 Å². The lowest BCUT2D eigenvalue weighted by Crippen LogP contribution is -2.57. The van der Waals surface area contributed by atoms with Crippen LogP contribution < -0.4 is 10.1 Å². The number of benzene rings is 1. The Morgan fingerprint density at radius 1 is 1.43 bits per heavy atom. The molecule has 2 saturated heterocycles. The summed E-state index contributed by atoms with van der Waals surface area (Å²) in [5, 5.41) is 13.7. The van der Waals surface area contributed by atoms with Crippen LogP contribution in [0.4, 0.5) is 5.69 Å². The lowest BCUT2D eigenvalue weighted by atomic mass is 9.72. The molecule has 4 atom stereocenters. The van der Waals surface area contributed by atoms with Gasteiger partial charge in [0.15, 0.2) is 5.78 Å². The van der Waals surface area contributed by atoms with Gasteiger partial charge in [0.25, 0.3) is 0 Å². The molecule has 1 aromatic carbocycles. The number of nitrogens with zero attached hydrogens (tertiary/aromatic N) is 1. The van der Waals surface area contributed by atoms with E-state index in [1.807, 2.05) is 6.07 Å². The minimum absolute atomic E-state index is 0.0226. The summed E-state index contributed by atoms with van der Waals surface area (Å²) in [5.74, 6) is -0.593. The van der Waals surface area contributed by atoms with Gasteiger partial charge in [-0.2, -0.15) is 0 Å². The van der Waals surface area contributed by atoms with E-state index >= 15 is 0 Å². The highest BCUT2D eigenvalue weighted by Gasteiger charge is 2.60. The van der Waals surface area contributed by atoms with Gasteiger partial charge in [-0.15, -0.1) is 0 Å². The molecule has 0 radical (unpaired) electrons. The first-order valence-electron chi connectivity index (χ1n) is 10.3. The second kappa shape index (κ2) is 7.78. The van der Waals surface area contributed by atoms with Crippen LogP contribution in [0.25, 0.3) is 0 Å². The molecule has 4 rings (SSSR count). The van der Waals surface area contributed by atoms with Crippen molar-refractivity contribution in [2.45, 2.75) is 37.8 Å². The first-order chi connectivity index (χ1) is 14.4. The smallest absolute Gasteiger partial charge is 0.334 e. The Hall–Kier alpha value is -2.25. The number of Topliss-reactive ketones (excluding diaryl/α,β-unsaturated/α-hetero) is 1. The Balaban J connectivity index is 1.72. The van der Waals surface area contributed by atoms with E-state index in [4.69, 9.17) is 21.1 Å². The van der Waals surface area contributed by atoms with Crippen LogP contribution in [0.15, 0.2) is 24.0 Å². The molecule has 8 heteroatoms. The minimum Gasteiger partial charge on any atom is -0.504 e. The number of carboxylic acid groups (broad SMARTS) is 1. The van der Waals surface area contributed by atoms with E-state index < -0.39 is 11.5 Å². The van der Waals surface area contributed by atoms with Gasteiger partial charge >= 0.3 is 5.97 Å². The average molecular weight is 435 g/mol. The molecule has 3 aliphatic rings. The van der Waals surface area contributed by atoms with Crippen LogP contribution in [0.3, 0.4) is 0 Å². The SMILES string of the molecule is CC[C@@H]1CN2CCC3(Nc4ccc(Cl)c(OC)c4C3=O)C2C[C@@H]1C(=COC)C(=O)O. The van der Waals surface area contributed by atoms with Crippen LogP contribution in [0.1, 0.15) is 36.5 Å². The number of fused-ring (bicyclic) bond motifs is 3. The molecule has 30 heavy (non-hydrogen) atoms. The second-order valence-electron chi connectivity index (χ2n) is 8.31. The van der Waals surface area contributed by atoms with E-state index in [1.165, 1.54) is 20.5 Å². The van der Waals surface area contributed by atoms with Gasteiger partial charge in [-0.25, -0.2) is 4.79 Å². The first-order valence-corrected chi connectivity index (χ1v) is 10.6. The van der Waals surface area contributed by atoms with Crippen molar-refractivity contribution in [2.75, 3.05) is 32.6 Å².